The van der Waals surface area contributed by atoms with Crippen LogP contribution in [-0.2, 0) is 0 Å². The number of aromatic nitrogens is 3. The van der Waals surface area contributed by atoms with E-state index in [1.807, 2.05) is 6.07 Å². The van der Waals surface area contributed by atoms with E-state index in [2.05, 4.69) is 182 Å². The molecule has 0 aliphatic heterocycles. The third kappa shape index (κ3) is 5.32. The summed E-state index contributed by atoms with van der Waals surface area (Å²) < 4.78 is 0. The lowest BCUT2D eigenvalue weighted by molar-refractivity contribution is 1.08. The van der Waals surface area contributed by atoms with Crippen molar-refractivity contribution in [2.45, 2.75) is 0 Å². The zero-order chi connectivity index (χ0) is 33.3. The fourth-order valence-electron chi connectivity index (χ4n) is 7.02. The van der Waals surface area contributed by atoms with Gasteiger partial charge in [0, 0.05) is 22.3 Å². The topological polar surface area (TPSA) is 38.7 Å². The van der Waals surface area contributed by atoms with Crippen molar-refractivity contribution < 1.29 is 0 Å². The second kappa shape index (κ2) is 12.7. The molecule has 9 aromatic rings. The molecule has 0 aliphatic carbocycles. The summed E-state index contributed by atoms with van der Waals surface area (Å²) in [6, 6.07) is 65.7. The Morgan fingerprint density at radius 1 is 0.240 bits per heavy atom. The molecule has 0 fully saturated rings. The van der Waals surface area contributed by atoms with Gasteiger partial charge in [-0.1, -0.05) is 176 Å². The van der Waals surface area contributed by atoms with Crippen LogP contribution in [0.3, 0.4) is 0 Å². The number of benzene rings is 8. The Balaban J connectivity index is 1.34. The van der Waals surface area contributed by atoms with Crippen molar-refractivity contribution in [1.29, 1.82) is 0 Å². The smallest absolute Gasteiger partial charge is 0.164 e. The molecule has 0 unspecified atom stereocenters. The minimum absolute atomic E-state index is 0.632. The van der Waals surface area contributed by atoms with Crippen molar-refractivity contribution in [1.82, 2.24) is 15.0 Å². The molecule has 9 rings (SSSR count). The summed E-state index contributed by atoms with van der Waals surface area (Å²) in [5.41, 5.74) is 9.63. The summed E-state index contributed by atoms with van der Waals surface area (Å²) in [5.74, 6) is 1.90. The Morgan fingerprint density at radius 2 is 0.660 bits per heavy atom. The van der Waals surface area contributed by atoms with Gasteiger partial charge in [-0.25, -0.2) is 15.0 Å². The van der Waals surface area contributed by atoms with Gasteiger partial charge in [0.25, 0.3) is 0 Å². The molecule has 3 heteroatoms. The van der Waals surface area contributed by atoms with Crippen LogP contribution in [0.1, 0.15) is 0 Å². The van der Waals surface area contributed by atoms with Crippen LogP contribution in [-0.4, -0.2) is 15.0 Å². The molecule has 1 heterocycles. The molecule has 3 nitrogen and oxygen atoms in total. The third-order valence-corrected chi connectivity index (χ3v) is 9.37. The van der Waals surface area contributed by atoms with E-state index in [0.717, 1.165) is 55.1 Å². The highest BCUT2D eigenvalue weighted by atomic mass is 15.0. The second-order valence-electron chi connectivity index (χ2n) is 12.4. The average molecular weight is 638 g/mol. The number of hydrogen-bond donors (Lipinski definition) is 0. The lowest BCUT2D eigenvalue weighted by Crippen LogP contribution is -2.02. The summed E-state index contributed by atoms with van der Waals surface area (Å²) in [6.07, 6.45) is 0. The summed E-state index contributed by atoms with van der Waals surface area (Å²) in [5, 5.41) is 4.57. The van der Waals surface area contributed by atoms with Crippen LogP contribution in [0.2, 0.25) is 0 Å². The Hall–Kier alpha value is -6.71. The molecule has 0 atom stereocenters. The molecule has 0 saturated carbocycles. The van der Waals surface area contributed by atoms with Crippen LogP contribution in [0.5, 0.6) is 0 Å². The highest BCUT2D eigenvalue weighted by molar-refractivity contribution is 6.05. The van der Waals surface area contributed by atoms with Crippen LogP contribution in [0, 0.1) is 0 Å². The van der Waals surface area contributed by atoms with Crippen molar-refractivity contribution in [3.63, 3.8) is 0 Å². The molecule has 1 aromatic heterocycles. The number of hydrogen-bond acceptors (Lipinski definition) is 3. The zero-order valence-corrected chi connectivity index (χ0v) is 27.2. The van der Waals surface area contributed by atoms with E-state index in [-0.39, 0.29) is 0 Å². The maximum atomic E-state index is 5.33. The van der Waals surface area contributed by atoms with E-state index in [0.29, 0.717) is 17.5 Å². The monoisotopic (exact) mass is 637 g/mol. The first kappa shape index (κ1) is 29.4. The first-order valence-corrected chi connectivity index (χ1v) is 16.9. The first-order chi connectivity index (χ1) is 24.8. The van der Waals surface area contributed by atoms with E-state index in [1.165, 1.54) is 16.5 Å². The normalized spacial score (nSPS) is 11.2. The standard InChI is InChI=1S/C47H31N3/c1-4-16-32(17-5-1)36-23-12-15-27-41(36)45-48-46(42-31-30-37(33-18-6-2-7-19-33)39-25-13-14-26-40(39)42)50-47(49-45)43-29-28-34-20-10-11-24-38(34)44(43)35-21-8-3-9-22-35/h1-31H. The maximum absolute atomic E-state index is 5.33. The molecule has 50 heavy (non-hydrogen) atoms. The fraction of sp³-hybridized carbons (Fsp3) is 0. The molecule has 0 saturated heterocycles. The molecule has 0 spiro atoms. The molecule has 0 aliphatic rings. The Bertz CT molecular complexity index is 2630. The van der Waals surface area contributed by atoms with Gasteiger partial charge in [0.15, 0.2) is 17.5 Å². The summed E-state index contributed by atoms with van der Waals surface area (Å²) in [4.78, 5) is 15.9. The van der Waals surface area contributed by atoms with Crippen LogP contribution < -0.4 is 0 Å². The summed E-state index contributed by atoms with van der Waals surface area (Å²) in [6.45, 7) is 0. The summed E-state index contributed by atoms with van der Waals surface area (Å²) in [7, 11) is 0. The quantitative estimate of drug-likeness (QED) is 0.182. The Kier molecular flexibility index (Phi) is 7.49. The lowest BCUT2D eigenvalue weighted by atomic mass is 9.92. The van der Waals surface area contributed by atoms with Gasteiger partial charge in [-0.05, 0) is 61.5 Å². The molecule has 8 aromatic carbocycles. The number of rotatable bonds is 6. The van der Waals surface area contributed by atoms with Gasteiger partial charge in [0.05, 0.1) is 0 Å². The van der Waals surface area contributed by atoms with Gasteiger partial charge in [-0.15, -0.1) is 0 Å². The van der Waals surface area contributed by atoms with E-state index in [9.17, 15) is 0 Å². The predicted octanol–water partition coefficient (Wildman–Crippen LogP) is 12.2. The van der Waals surface area contributed by atoms with Crippen molar-refractivity contribution in [3.05, 3.63) is 188 Å². The van der Waals surface area contributed by atoms with Gasteiger partial charge < -0.3 is 0 Å². The van der Waals surface area contributed by atoms with Crippen molar-refractivity contribution in [3.8, 4) is 67.5 Å². The lowest BCUT2D eigenvalue weighted by Gasteiger charge is -2.16. The van der Waals surface area contributed by atoms with Crippen LogP contribution >= 0.6 is 0 Å². The third-order valence-electron chi connectivity index (χ3n) is 9.37. The largest absolute Gasteiger partial charge is 0.208 e. The summed E-state index contributed by atoms with van der Waals surface area (Å²) >= 11 is 0. The zero-order valence-electron chi connectivity index (χ0n) is 27.2. The van der Waals surface area contributed by atoms with Gasteiger partial charge >= 0.3 is 0 Å². The van der Waals surface area contributed by atoms with Gasteiger partial charge in [0.2, 0.25) is 0 Å². The minimum Gasteiger partial charge on any atom is -0.208 e. The van der Waals surface area contributed by atoms with E-state index in [1.54, 1.807) is 0 Å². The molecule has 0 radical (unpaired) electrons. The molecule has 0 bridgehead atoms. The fourth-order valence-corrected chi connectivity index (χ4v) is 7.02. The SMILES string of the molecule is c1ccc(-c2ccccc2-c2nc(-c3ccc4ccccc4c3-c3ccccc3)nc(-c3ccc(-c4ccccc4)c4ccccc34)n2)cc1. The molecule has 0 amide bonds. The van der Waals surface area contributed by atoms with E-state index in [4.69, 9.17) is 15.0 Å². The van der Waals surface area contributed by atoms with E-state index < -0.39 is 0 Å². The first-order valence-electron chi connectivity index (χ1n) is 16.9. The minimum atomic E-state index is 0.632. The predicted molar refractivity (Wildman–Crippen MR) is 207 cm³/mol. The number of fused-ring (bicyclic) bond motifs is 2. The highest BCUT2D eigenvalue weighted by Gasteiger charge is 2.20. The van der Waals surface area contributed by atoms with Gasteiger partial charge in [-0.2, -0.15) is 0 Å². The van der Waals surface area contributed by atoms with E-state index >= 15 is 0 Å². The molecule has 0 N–H and O–H groups in total. The van der Waals surface area contributed by atoms with Crippen molar-refractivity contribution in [2.24, 2.45) is 0 Å². The molecule has 234 valence electrons. The van der Waals surface area contributed by atoms with Crippen LogP contribution in [0.25, 0.3) is 89.1 Å². The van der Waals surface area contributed by atoms with Gasteiger partial charge in [0.1, 0.15) is 0 Å². The van der Waals surface area contributed by atoms with Gasteiger partial charge in [-0.3, -0.25) is 0 Å². The Labute approximate surface area is 291 Å². The van der Waals surface area contributed by atoms with Crippen LogP contribution in [0.4, 0.5) is 0 Å². The highest BCUT2D eigenvalue weighted by Crippen LogP contribution is 2.40. The number of nitrogens with zero attached hydrogens (tertiary/aromatic N) is 3. The Morgan fingerprint density at radius 3 is 1.32 bits per heavy atom. The van der Waals surface area contributed by atoms with Crippen molar-refractivity contribution in [2.75, 3.05) is 0 Å². The van der Waals surface area contributed by atoms with Crippen molar-refractivity contribution >= 4 is 21.5 Å². The molecular weight excluding hydrogens is 607 g/mol. The average Bonchev–Trinajstić information content (AvgIpc) is 3.21. The second-order valence-corrected chi connectivity index (χ2v) is 12.4. The van der Waals surface area contributed by atoms with Crippen LogP contribution in [0.15, 0.2) is 188 Å². The maximum Gasteiger partial charge on any atom is 0.164 e. The molecular formula is C47H31N3.